The number of aromatic nitrogens is 2. The summed E-state index contributed by atoms with van der Waals surface area (Å²) in [4.78, 5) is 14.2. The van der Waals surface area contributed by atoms with Crippen molar-refractivity contribution in [2.75, 3.05) is 5.32 Å². The molecule has 3 aromatic rings. The van der Waals surface area contributed by atoms with Crippen LogP contribution in [0, 0.1) is 0 Å². The highest BCUT2D eigenvalue weighted by molar-refractivity contribution is 7.10. The van der Waals surface area contributed by atoms with Crippen molar-refractivity contribution >= 4 is 40.5 Å². The summed E-state index contributed by atoms with van der Waals surface area (Å²) >= 11 is 3.27. The van der Waals surface area contributed by atoms with Gasteiger partial charge in [-0.15, -0.1) is 22.7 Å². The zero-order chi connectivity index (χ0) is 14.5. The second-order valence-electron chi connectivity index (χ2n) is 4.29. The van der Waals surface area contributed by atoms with E-state index >= 15 is 0 Å². The minimum atomic E-state index is -0.156. The third-order valence-electron chi connectivity index (χ3n) is 2.80. The van der Waals surface area contributed by atoms with Crippen molar-refractivity contribution in [2.24, 2.45) is 0 Å². The van der Waals surface area contributed by atoms with Gasteiger partial charge in [0.15, 0.2) is 0 Å². The highest BCUT2D eigenvalue weighted by atomic mass is 32.1. The van der Waals surface area contributed by atoms with Crippen LogP contribution in [-0.4, -0.2) is 15.7 Å². The molecule has 0 aliphatic rings. The first kappa shape index (κ1) is 13.8. The molecule has 4 nitrogen and oxygen atoms in total. The lowest BCUT2D eigenvalue weighted by atomic mass is 10.4. The fraction of sp³-hybridized carbons (Fsp3) is 0.0667. The number of carbonyl (C=O) groups is 1. The summed E-state index contributed by atoms with van der Waals surface area (Å²) in [5.41, 5.74) is 0. The Bertz CT molecular complexity index is 727. The zero-order valence-corrected chi connectivity index (χ0v) is 12.7. The van der Waals surface area contributed by atoms with Gasteiger partial charge in [0, 0.05) is 21.9 Å². The van der Waals surface area contributed by atoms with Crippen LogP contribution in [0.3, 0.4) is 0 Å². The Morgan fingerprint density at radius 3 is 2.86 bits per heavy atom. The van der Waals surface area contributed by atoms with E-state index < -0.39 is 0 Å². The largest absolute Gasteiger partial charge is 0.307 e. The van der Waals surface area contributed by atoms with Crippen LogP contribution in [0.5, 0.6) is 0 Å². The summed E-state index contributed by atoms with van der Waals surface area (Å²) in [6.07, 6.45) is 5.03. The number of hydrogen-bond acceptors (Lipinski definition) is 4. The lowest BCUT2D eigenvalue weighted by Crippen LogP contribution is -2.13. The number of thiophene rings is 2. The van der Waals surface area contributed by atoms with Gasteiger partial charge in [0.05, 0.1) is 12.7 Å². The van der Waals surface area contributed by atoms with Crippen LogP contribution >= 0.6 is 22.7 Å². The molecular weight excluding hydrogens is 302 g/mol. The van der Waals surface area contributed by atoms with E-state index in [9.17, 15) is 4.79 Å². The van der Waals surface area contributed by atoms with E-state index in [2.05, 4.69) is 16.5 Å². The average Bonchev–Trinajstić information content (AvgIpc) is 3.20. The number of amides is 1. The van der Waals surface area contributed by atoms with Crippen molar-refractivity contribution < 1.29 is 4.79 Å². The summed E-state index contributed by atoms with van der Waals surface area (Å²) in [5, 5.41) is 11.1. The second-order valence-corrected chi connectivity index (χ2v) is 6.30. The maximum Gasteiger partial charge on any atom is 0.249 e. The number of hydrogen-bond donors (Lipinski definition) is 1. The molecule has 3 aromatic heterocycles. The summed E-state index contributed by atoms with van der Waals surface area (Å²) in [6.45, 7) is 0.662. The van der Waals surface area contributed by atoms with Gasteiger partial charge < -0.3 is 5.32 Å². The molecule has 21 heavy (non-hydrogen) atoms. The molecule has 0 unspecified atom stereocenters. The fourth-order valence-electron chi connectivity index (χ4n) is 1.83. The molecule has 106 valence electrons. The van der Waals surface area contributed by atoms with Crippen LogP contribution in [0.4, 0.5) is 5.82 Å². The molecule has 0 bridgehead atoms. The molecule has 3 rings (SSSR count). The molecule has 0 aliphatic heterocycles. The monoisotopic (exact) mass is 315 g/mol. The molecule has 0 fully saturated rings. The lowest BCUT2D eigenvalue weighted by molar-refractivity contribution is -0.111. The van der Waals surface area contributed by atoms with E-state index in [1.54, 1.807) is 45.7 Å². The molecule has 0 radical (unpaired) electrons. The molecule has 0 atom stereocenters. The summed E-state index contributed by atoms with van der Waals surface area (Å²) in [7, 11) is 0. The summed E-state index contributed by atoms with van der Waals surface area (Å²) in [5.74, 6) is 0.542. The number of nitrogens with zero attached hydrogens (tertiary/aromatic N) is 2. The molecule has 0 spiro atoms. The molecule has 0 aromatic carbocycles. The minimum Gasteiger partial charge on any atom is -0.307 e. The number of carbonyl (C=O) groups excluding carboxylic acids is 1. The maximum absolute atomic E-state index is 11.9. The molecular formula is C15H13N3OS2. The predicted molar refractivity (Wildman–Crippen MR) is 87.6 cm³/mol. The topological polar surface area (TPSA) is 46.9 Å². The Morgan fingerprint density at radius 2 is 2.10 bits per heavy atom. The van der Waals surface area contributed by atoms with Gasteiger partial charge in [-0.1, -0.05) is 12.1 Å². The van der Waals surface area contributed by atoms with Crippen molar-refractivity contribution in [1.29, 1.82) is 0 Å². The fourth-order valence-corrected chi connectivity index (χ4v) is 3.13. The van der Waals surface area contributed by atoms with Crippen LogP contribution in [0.2, 0.25) is 0 Å². The van der Waals surface area contributed by atoms with Crippen LogP contribution < -0.4 is 5.32 Å². The Hall–Kier alpha value is -2.18. The van der Waals surface area contributed by atoms with Crippen molar-refractivity contribution in [3.8, 4) is 0 Å². The smallest absolute Gasteiger partial charge is 0.249 e. The molecule has 0 saturated carbocycles. The van der Waals surface area contributed by atoms with Crippen LogP contribution in [0.15, 0.2) is 53.4 Å². The Morgan fingerprint density at radius 1 is 1.24 bits per heavy atom. The van der Waals surface area contributed by atoms with Gasteiger partial charge in [-0.05, 0) is 29.0 Å². The first-order chi connectivity index (χ1) is 10.3. The highest BCUT2D eigenvalue weighted by Gasteiger charge is 2.06. The van der Waals surface area contributed by atoms with E-state index in [4.69, 9.17) is 0 Å². The SMILES string of the molecule is O=C(C=Cc1cccs1)Nc1ccnn1Cc1cccs1. The van der Waals surface area contributed by atoms with Gasteiger partial charge in [0.2, 0.25) is 5.91 Å². The van der Waals surface area contributed by atoms with E-state index in [0.29, 0.717) is 12.4 Å². The zero-order valence-electron chi connectivity index (χ0n) is 11.1. The van der Waals surface area contributed by atoms with E-state index in [-0.39, 0.29) is 5.91 Å². The maximum atomic E-state index is 11.9. The minimum absolute atomic E-state index is 0.156. The van der Waals surface area contributed by atoms with Crippen molar-refractivity contribution in [3.05, 3.63) is 63.1 Å². The lowest BCUT2D eigenvalue weighted by Gasteiger charge is -2.06. The normalized spacial score (nSPS) is 11.0. The predicted octanol–water partition coefficient (Wildman–Crippen LogP) is 3.71. The molecule has 3 heterocycles. The number of anilines is 1. The van der Waals surface area contributed by atoms with Crippen molar-refractivity contribution in [1.82, 2.24) is 9.78 Å². The number of nitrogens with one attached hydrogen (secondary N) is 1. The van der Waals surface area contributed by atoms with E-state index in [1.807, 2.05) is 29.0 Å². The first-order valence-electron chi connectivity index (χ1n) is 6.38. The Labute approximate surface area is 130 Å². The van der Waals surface area contributed by atoms with E-state index in [1.165, 1.54) is 11.0 Å². The van der Waals surface area contributed by atoms with Gasteiger partial charge in [-0.2, -0.15) is 5.10 Å². The molecule has 6 heteroatoms. The molecule has 0 saturated heterocycles. The molecule has 0 aliphatic carbocycles. The van der Waals surface area contributed by atoms with Crippen molar-refractivity contribution in [3.63, 3.8) is 0 Å². The standard InChI is InChI=1S/C15H13N3OS2/c19-15(6-5-12-3-1-9-20-12)17-14-7-8-16-18(14)11-13-4-2-10-21-13/h1-10H,11H2,(H,17,19). The van der Waals surface area contributed by atoms with Crippen LogP contribution in [0.25, 0.3) is 6.08 Å². The van der Waals surface area contributed by atoms with Gasteiger partial charge in [0.25, 0.3) is 0 Å². The first-order valence-corrected chi connectivity index (χ1v) is 8.14. The Balaban J connectivity index is 1.65. The second kappa shape index (κ2) is 6.51. The van der Waals surface area contributed by atoms with Gasteiger partial charge in [0.1, 0.15) is 5.82 Å². The van der Waals surface area contributed by atoms with Gasteiger partial charge >= 0.3 is 0 Å². The summed E-state index contributed by atoms with van der Waals surface area (Å²) < 4.78 is 1.78. The third-order valence-corrected chi connectivity index (χ3v) is 4.49. The van der Waals surface area contributed by atoms with E-state index in [0.717, 1.165) is 4.88 Å². The van der Waals surface area contributed by atoms with Crippen LogP contribution in [0.1, 0.15) is 9.75 Å². The highest BCUT2D eigenvalue weighted by Crippen LogP contribution is 2.15. The van der Waals surface area contributed by atoms with Gasteiger partial charge in [-0.25, -0.2) is 4.68 Å². The van der Waals surface area contributed by atoms with Crippen LogP contribution in [-0.2, 0) is 11.3 Å². The average molecular weight is 315 g/mol. The molecule has 1 N–H and O–H groups in total. The van der Waals surface area contributed by atoms with Gasteiger partial charge in [-0.3, -0.25) is 4.79 Å². The molecule has 1 amide bonds. The number of rotatable bonds is 5. The quantitative estimate of drug-likeness (QED) is 0.730. The third kappa shape index (κ3) is 3.68. The van der Waals surface area contributed by atoms with Crippen molar-refractivity contribution in [2.45, 2.75) is 6.54 Å². The summed E-state index contributed by atoms with van der Waals surface area (Å²) in [6, 6.07) is 9.78. The Kier molecular flexibility index (Phi) is 4.28.